The predicted molar refractivity (Wildman–Crippen MR) is 124 cm³/mol. The van der Waals surface area contributed by atoms with Gasteiger partial charge in [0, 0.05) is 39.6 Å². The molecule has 168 valence electrons. The quantitative estimate of drug-likeness (QED) is 0.500. The summed E-state index contributed by atoms with van der Waals surface area (Å²) in [6, 6.07) is 16.7. The van der Waals surface area contributed by atoms with Crippen LogP contribution in [0.25, 0.3) is 0 Å². The Kier molecular flexibility index (Phi) is 10.2. The van der Waals surface area contributed by atoms with Crippen molar-refractivity contribution in [1.29, 1.82) is 0 Å². The van der Waals surface area contributed by atoms with Crippen LogP contribution < -0.4 is 0 Å². The van der Waals surface area contributed by atoms with Crippen molar-refractivity contribution in [1.82, 2.24) is 0 Å². The average molecular weight is 417 g/mol. The number of methoxy groups -OCH3 is 4. The highest BCUT2D eigenvalue weighted by atomic mass is 16.7. The molecule has 2 aromatic rings. The molecule has 4 nitrogen and oxygen atoms in total. The molecule has 2 rings (SSSR count). The number of ether oxygens (including phenoxy) is 4. The largest absolute Gasteiger partial charge is 0.352 e. The molecule has 0 unspecified atom stereocenters. The molecule has 2 aromatic carbocycles. The average Bonchev–Trinajstić information content (AvgIpc) is 2.70. The molecule has 0 heterocycles. The summed E-state index contributed by atoms with van der Waals surface area (Å²) in [5.41, 5.74) is 5.06. The summed E-state index contributed by atoms with van der Waals surface area (Å²) in [7, 11) is 6.59. The van der Waals surface area contributed by atoms with Gasteiger partial charge in [0.2, 0.25) is 0 Å². The summed E-state index contributed by atoms with van der Waals surface area (Å²) in [5, 5.41) is 0. The summed E-state index contributed by atoms with van der Waals surface area (Å²) < 4.78 is 20.8. The first-order valence-electron chi connectivity index (χ1n) is 10.3. The second-order valence-electron chi connectivity index (χ2n) is 9.35. The Morgan fingerprint density at radius 1 is 0.533 bits per heavy atom. The van der Waals surface area contributed by atoms with Gasteiger partial charge in [-0.3, -0.25) is 0 Å². The van der Waals surface area contributed by atoms with Crippen LogP contribution in [-0.4, -0.2) is 28.4 Å². The van der Waals surface area contributed by atoms with E-state index in [1.165, 1.54) is 11.1 Å². The van der Waals surface area contributed by atoms with E-state index in [9.17, 15) is 0 Å². The van der Waals surface area contributed by atoms with E-state index in [1.807, 2.05) is 12.1 Å². The second-order valence-corrected chi connectivity index (χ2v) is 9.35. The van der Waals surface area contributed by atoms with Gasteiger partial charge in [-0.2, -0.15) is 0 Å². The first-order chi connectivity index (χ1) is 14.0. The van der Waals surface area contributed by atoms with Gasteiger partial charge in [0.1, 0.15) is 0 Å². The van der Waals surface area contributed by atoms with Crippen LogP contribution in [0.4, 0.5) is 0 Å². The number of rotatable bonds is 6. The zero-order valence-corrected chi connectivity index (χ0v) is 20.4. The highest BCUT2D eigenvalue weighted by Crippen LogP contribution is 2.26. The Morgan fingerprint density at radius 2 is 0.967 bits per heavy atom. The van der Waals surface area contributed by atoms with Crippen molar-refractivity contribution in [2.24, 2.45) is 0 Å². The topological polar surface area (TPSA) is 36.9 Å². The molecule has 0 N–H and O–H groups in total. The third kappa shape index (κ3) is 7.84. The van der Waals surface area contributed by atoms with Gasteiger partial charge in [-0.25, -0.2) is 0 Å². The Morgan fingerprint density at radius 3 is 1.37 bits per heavy atom. The third-order valence-electron chi connectivity index (χ3n) is 4.93. The molecule has 0 radical (unpaired) electrons. The monoisotopic (exact) mass is 416 g/mol. The summed E-state index contributed by atoms with van der Waals surface area (Å²) in [6.07, 6.45) is -0.536. The van der Waals surface area contributed by atoms with Crippen LogP contribution in [0.3, 0.4) is 0 Å². The Balaban J connectivity index is 0.000000300. The van der Waals surface area contributed by atoms with Gasteiger partial charge in [0.05, 0.1) is 0 Å². The van der Waals surface area contributed by atoms with Crippen LogP contribution >= 0.6 is 0 Å². The van der Waals surface area contributed by atoms with E-state index in [0.29, 0.717) is 0 Å². The van der Waals surface area contributed by atoms with E-state index in [-0.39, 0.29) is 23.4 Å². The smallest absolute Gasteiger partial charge is 0.183 e. The van der Waals surface area contributed by atoms with Crippen molar-refractivity contribution >= 4 is 0 Å². The molecular formula is C26H40O4. The molecule has 0 aromatic heterocycles. The van der Waals surface area contributed by atoms with Crippen molar-refractivity contribution < 1.29 is 18.9 Å². The van der Waals surface area contributed by atoms with Crippen LogP contribution in [-0.2, 0) is 29.8 Å². The Bertz CT molecular complexity index is 731. The lowest BCUT2D eigenvalue weighted by molar-refractivity contribution is -0.106. The van der Waals surface area contributed by atoms with E-state index in [2.05, 4.69) is 77.9 Å². The van der Waals surface area contributed by atoms with Crippen LogP contribution in [0.5, 0.6) is 0 Å². The van der Waals surface area contributed by atoms with E-state index < -0.39 is 0 Å². The molecule has 30 heavy (non-hydrogen) atoms. The molecule has 4 heteroatoms. The Hall–Kier alpha value is -1.72. The maximum Gasteiger partial charge on any atom is 0.183 e. The minimum absolute atomic E-state index is 0.155. The fourth-order valence-electron chi connectivity index (χ4n) is 3.03. The molecule has 0 fully saturated rings. The molecule has 0 saturated carbocycles. The van der Waals surface area contributed by atoms with Gasteiger partial charge in [0.15, 0.2) is 12.6 Å². The standard InChI is InChI=1S/2C13H20O2/c1-13(2,3)11-8-6-10(7-9-11)12(14-4)15-5;1-13(2,3)11-8-6-7-10(9-11)12(14-4)15-5/h2*6-9,12H,1-5H3. The van der Waals surface area contributed by atoms with Gasteiger partial charge in [-0.1, -0.05) is 90.1 Å². The fourth-order valence-corrected chi connectivity index (χ4v) is 3.03. The Labute approximate surface area is 183 Å². The summed E-state index contributed by atoms with van der Waals surface area (Å²) in [4.78, 5) is 0. The summed E-state index contributed by atoms with van der Waals surface area (Å²) in [6.45, 7) is 13.2. The van der Waals surface area contributed by atoms with E-state index in [1.54, 1.807) is 28.4 Å². The predicted octanol–water partition coefficient (Wildman–Crippen LogP) is 6.55. The van der Waals surface area contributed by atoms with Crippen LogP contribution in [0.1, 0.15) is 76.4 Å². The zero-order valence-electron chi connectivity index (χ0n) is 20.4. The van der Waals surface area contributed by atoms with Gasteiger partial charge in [0.25, 0.3) is 0 Å². The zero-order chi connectivity index (χ0) is 22.9. The minimum Gasteiger partial charge on any atom is -0.352 e. The highest BCUT2D eigenvalue weighted by molar-refractivity contribution is 5.29. The van der Waals surface area contributed by atoms with Crippen molar-refractivity contribution in [3.8, 4) is 0 Å². The molecule has 0 bridgehead atoms. The molecule has 0 aliphatic carbocycles. The molecule has 0 atom stereocenters. The van der Waals surface area contributed by atoms with E-state index in [0.717, 1.165) is 11.1 Å². The van der Waals surface area contributed by atoms with Crippen LogP contribution in [0.15, 0.2) is 48.5 Å². The fraction of sp³-hybridized carbons (Fsp3) is 0.538. The molecular weight excluding hydrogens is 376 g/mol. The number of hydrogen-bond acceptors (Lipinski definition) is 4. The summed E-state index contributed by atoms with van der Waals surface area (Å²) >= 11 is 0. The van der Waals surface area contributed by atoms with Crippen LogP contribution in [0, 0.1) is 0 Å². The van der Waals surface area contributed by atoms with Gasteiger partial charge >= 0.3 is 0 Å². The van der Waals surface area contributed by atoms with Crippen molar-refractivity contribution in [3.63, 3.8) is 0 Å². The highest BCUT2D eigenvalue weighted by Gasteiger charge is 2.17. The van der Waals surface area contributed by atoms with Gasteiger partial charge in [-0.15, -0.1) is 0 Å². The van der Waals surface area contributed by atoms with Crippen molar-refractivity contribution in [3.05, 3.63) is 70.8 Å². The van der Waals surface area contributed by atoms with Crippen molar-refractivity contribution in [2.75, 3.05) is 28.4 Å². The summed E-state index contributed by atoms with van der Waals surface area (Å²) in [5.74, 6) is 0. The first kappa shape index (κ1) is 26.3. The minimum atomic E-state index is -0.271. The maximum atomic E-state index is 5.23. The lowest BCUT2D eigenvalue weighted by Gasteiger charge is -2.21. The van der Waals surface area contributed by atoms with Gasteiger partial charge in [-0.05, 0) is 22.0 Å². The maximum absolute atomic E-state index is 5.23. The normalized spacial score (nSPS) is 12.1. The second kappa shape index (κ2) is 11.6. The number of benzene rings is 2. The van der Waals surface area contributed by atoms with E-state index >= 15 is 0 Å². The molecule has 0 saturated heterocycles. The van der Waals surface area contributed by atoms with Crippen LogP contribution in [0.2, 0.25) is 0 Å². The third-order valence-corrected chi connectivity index (χ3v) is 4.93. The van der Waals surface area contributed by atoms with Crippen molar-refractivity contribution in [2.45, 2.75) is 65.0 Å². The number of hydrogen-bond donors (Lipinski definition) is 0. The molecule has 0 spiro atoms. The molecule has 0 amide bonds. The molecule has 0 aliphatic heterocycles. The lowest BCUT2D eigenvalue weighted by Crippen LogP contribution is -2.12. The van der Waals surface area contributed by atoms with Gasteiger partial charge < -0.3 is 18.9 Å². The molecule has 0 aliphatic rings. The SMILES string of the molecule is COC(OC)c1ccc(C(C)(C)C)cc1.COC(OC)c1cccc(C(C)(C)C)c1. The lowest BCUT2D eigenvalue weighted by atomic mass is 9.86. The first-order valence-corrected chi connectivity index (χ1v) is 10.3. The van der Waals surface area contributed by atoms with E-state index in [4.69, 9.17) is 18.9 Å².